The molecule has 4 rings (SSSR count). The van der Waals surface area contributed by atoms with E-state index < -0.39 is 10.0 Å². The Kier molecular flexibility index (Phi) is 4.98. The molecule has 0 unspecified atom stereocenters. The van der Waals surface area contributed by atoms with Gasteiger partial charge in [-0.1, -0.05) is 18.2 Å². The Morgan fingerprint density at radius 2 is 1.64 bits per heavy atom. The number of nitrogens with one attached hydrogen (secondary N) is 1. The number of sulfonamides is 1. The van der Waals surface area contributed by atoms with Gasteiger partial charge in [-0.15, -0.1) is 0 Å². The zero-order chi connectivity index (χ0) is 19.4. The molecule has 144 valence electrons. The zero-order valence-corrected chi connectivity index (χ0v) is 15.6. The summed E-state index contributed by atoms with van der Waals surface area (Å²) < 4.78 is 44.3. The largest absolute Gasteiger partial charge is 0.490 e. The van der Waals surface area contributed by atoms with Crippen molar-refractivity contribution in [2.24, 2.45) is 0 Å². The van der Waals surface area contributed by atoms with Gasteiger partial charge in [0.2, 0.25) is 0 Å². The van der Waals surface area contributed by atoms with E-state index in [4.69, 9.17) is 14.2 Å². The van der Waals surface area contributed by atoms with Crippen LogP contribution in [0.25, 0.3) is 0 Å². The highest BCUT2D eigenvalue weighted by atomic mass is 32.2. The van der Waals surface area contributed by atoms with Crippen LogP contribution in [0, 0.1) is 0 Å². The Hall–Kier alpha value is -3.33. The van der Waals surface area contributed by atoms with Crippen LogP contribution in [0.5, 0.6) is 23.3 Å². The molecule has 8 nitrogen and oxygen atoms in total. The summed E-state index contributed by atoms with van der Waals surface area (Å²) in [4.78, 5) is 8.12. The highest BCUT2D eigenvalue weighted by molar-refractivity contribution is 7.92. The predicted octanol–water partition coefficient (Wildman–Crippen LogP) is 3.23. The SMILES string of the molecule is O=S(=O)(Nc1cnc(Oc2ccccc2)nc1)c1ccc2c(c1)OCCCO2. The van der Waals surface area contributed by atoms with Crippen LogP contribution in [0.4, 0.5) is 5.69 Å². The highest BCUT2D eigenvalue weighted by Crippen LogP contribution is 2.32. The Labute approximate surface area is 162 Å². The monoisotopic (exact) mass is 399 g/mol. The molecule has 0 radical (unpaired) electrons. The van der Waals surface area contributed by atoms with Crippen LogP contribution in [0.15, 0.2) is 65.8 Å². The van der Waals surface area contributed by atoms with Gasteiger partial charge in [0.05, 0.1) is 36.2 Å². The molecule has 0 saturated carbocycles. The second-order valence-electron chi connectivity index (χ2n) is 5.93. The molecule has 0 atom stereocenters. The molecule has 1 aliphatic heterocycles. The van der Waals surface area contributed by atoms with Gasteiger partial charge < -0.3 is 14.2 Å². The standard InChI is InChI=1S/C19H17N3O5S/c23-28(24,16-7-8-17-18(11-16)26-10-4-9-25-17)22-14-12-20-19(21-13-14)27-15-5-2-1-3-6-15/h1-3,5-8,11-13,22H,4,9-10H2. The minimum atomic E-state index is -3.84. The number of anilines is 1. The number of benzene rings is 2. The maximum atomic E-state index is 12.7. The van der Waals surface area contributed by atoms with Crippen molar-refractivity contribution in [2.45, 2.75) is 11.3 Å². The normalized spacial score (nSPS) is 13.4. The number of ether oxygens (including phenoxy) is 3. The molecule has 1 N–H and O–H groups in total. The third kappa shape index (κ3) is 4.15. The van der Waals surface area contributed by atoms with E-state index in [2.05, 4.69) is 14.7 Å². The van der Waals surface area contributed by atoms with Crippen LogP contribution >= 0.6 is 0 Å². The van der Waals surface area contributed by atoms with Crippen molar-refractivity contribution in [3.8, 4) is 23.3 Å². The maximum Gasteiger partial charge on any atom is 0.322 e. The molecule has 0 aliphatic carbocycles. The lowest BCUT2D eigenvalue weighted by molar-refractivity contribution is 0.297. The van der Waals surface area contributed by atoms with E-state index in [1.54, 1.807) is 18.2 Å². The summed E-state index contributed by atoms with van der Waals surface area (Å²) >= 11 is 0. The van der Waals surface area contributed by atoms with Crippen LogP contribution in [0.3, 0.4) is 0 Å². The van der Waals surface area contributed by atoms with Crippen molar-refractivity contribution in [2.75, 3.05) is 17.9 Å². The summed E-state index contributed by atoms with van der Waals surface area (Å²) in [5.74, 6) is 1.52. The summed E-state index contributed by atoms with van der Waals surface area (Å²) in [5, 5.41) is 0. The van der Waals surface area contributed by atoms with Gasteiger partial charge in [-0.25, -0.2) is 18.4 Å². The average Bonchev–Trinajstić information content (AvgIpc) is 2.95. The minimum absolute atomic E-state index is 0.0568. The van der Waals surface area contributed by atoms with E-state index in [0.717, 1.165) is 6.42 Å². The molecular weight excluding hydrogens is 382 g/mol. The lowest BCUT2D eigenvalue weighted by atomic mass is 10.3. The third-order valence-electron chi connectivity index (χ3n) is 3.86. The predicted molar refractivity (Wildman–Crippen MR) is 101 cm³/mol. The molecule has 1 aliphatic rings. The van der Waals surface area contributed by atoms with Crippen molar-refractivity contribution in [3.05, 3.63) is 60.9 Å². The highest BCUT2D eigenvalue weighted by Gasteiger charge is 2.19. The molecule has 0 spiro atoms. The van der Waals surface area contributed by atoms with Crippen molar-refractivity contribution >= 4 is 15.7 Å². The van der Waals surface area contributed by atoms with E-state index in [9.17, 15) is 8.42 Å². The summed E-state index contributed by atoms with van der Waals surface area (Å²) in [7, 11) is -3.84. The molecule has 0 amide bonds. The summed E-state index contributed by atoms with van der Waals surface area (Å²) in [6, 6.07) is 13.7. The molecule has 9 heteroatoms. The van der Waals surface area contributed by atoms with Gasteiger partial charge >= 0.3 is 6.01 Å². The quantitative estimate of drug-likeness (QED) is 0.703. The fourth-order valence-electron chi connectivity index (χ4n) is 2.54. The van der Waals surface area contributed by atoms with E-state index in [1.807, 2.05) is 18.2 Å². The number of hydrogen-bond acceptors (Lipinski definition) is 7. The van der Waals surface area contributed by atoms with E-state index in [1.165, 1.54) is 24.5 Å². The van der Waals surface area contributed by atoms with Crippen LogP contribution in [-0.2, 0) is 10.0 Å². The smallest absolute Gasteiger partial charge is 0.322 e. The first-order valence-corrected chi connectivity index (χ1v) is 10.1. The van der Waals surface area contributed by atoms with Crippen molar-refractivity contribution in [3.63, 3.8) is 0 Å². The van der Waals surface area contributed by atoms with Crippen LogP contribution < -0.4 is 18.9 Å². The molecule has 1 aromatic heterocycles. The van der Waals surface area contributed by atoms with Crippen molar-refractivity contribution in [1.29, 1.82) is 0 Å². The number of nitrogens with zero attached hydrogens (tertiary/aromatic N) is 2. The fraction of sp³-hybridized carbons (Fsp3) is 0.158. The van der Waals surface area contributed by atoms with E-state index >= 15 is 0 Å². The van der Waals surface area contributed by atoms with Gasteiger partial charge in [0.15, 0.2) is 11.5 Å². The lowest BCUT2D eigenvalue weighted by Crippen LogP contribution is -2.13. The van der Waals surface area contributed by atoms with Gasteiger partial charge in [-0.05, 0) is 24.3 Å². The summed E-state index contributed by atoms with van der Waals surface area (Å²) in [6.07, 6.45) is 3.42. The molecule has 2 aromatic carbocycles. The summed E-state index contributed by atoms with van der Waals surface area (Å²) in [6.45, 7) is 1.01. The number of hydrogen-bond donors (Lipinski definition) is 1. The maximum absolute atomic E-state index is 12.7. The Balaban J connectivity index is 1.49. The Bertz CT molecular complexity index is 1060. The van der Waals surface area contributed by atoms with Crippen LogP contribution in [0.2, 0.25) is 0 Å². The molecule has 0 saturated heterocycles. The first-order valence-electron chi connectivity index (χ1n) is 8.58. The number of rotatable bonds is 5. The minimum Gasteiger partial charge on any atom is -0.490 e. The van der Waals surface area contributed by atoms with Crippen LogP contribution in [-0.4, -0.2) is 31.6 Å². The molecule has 2 heterocycles. The number of fused-ring (bicyclic) bond motifs is 1. The Morgan fingerprint density at radius 3 is 2.39 bits per heavy atom. The third-order valence-corrected chi connectivity index (χ3v) is 5.24. The topological polar surface area (TPSA) is 99.6 Å². The van der Waals surface area contributed by atoms with Gasteiger partial charge in [-0.2, -0.15) is 0 Å². The van der Waals surface area contributed by atoms with Gasteiger partial charge in [0, 0.05) is 12.5 Å². The first kappa shape index (κ1) is 18.1. The molecule has 28 heavy (non-hydrogen) atoms. The van der Waals surface area contributed by atoms with E-state index in [-0.39, 0.29) is 16.6 Å². The number of aromatic nitrogens is 2. The van der Waals surface area contributed by atoms with Crippen LogP contribution in [0.1, 0.15) is 6.42 Å². The average molecular weight is 399 g/mol. The first-order chi connectivity index (χ1) is 13.6. The summed E-state index contributed by atoms with van der Waals surface area (Å²) in [5.41, 5.74) is 0.215. The van der Waals surface area contributed by atoms with Crippen molar-refractivity contribution < 1.29 is 22.6 Å². The van der Waals surface area contributed by atoms with Gasteiger partial charge in [0.1, 0.15) is 5.75 Å². The molecule has 3 aromatic rings. The molecular formula is C19H17N3O5S. The van der Waals surface area contributed by atoms with Gasteiger partial charge in [0.25, 0.3) is 10.0 Å². The van der Waals surface area contributed by atoms with E-state index in [0.29, 0.717) is 30.5 Å². The number of para-hydroxylation sites is 1. The second-order valence-corrected chi connectivity index (χ2v) is 7.62. The lowest BCUT2D eigenvalue weighted by Gasteiger charge is -2.11. The molecule has 0 bridgehead atoms. The van der Waals surface area contributed by atoms with Gasteiger partial charge in [-0.3, -0.25) is 4.72 Å². The second kappa shape index (κ2) is 7.73. The molecule has 0 fully saturated rings. The Morgan fingerprint density at radius 1 is 0.929 bits per heavy atom. The zero-order valence-electron chi connectivity index (χ0n) is 14.7. The van der Waals surface area contributed by atoms with Crippen molar-refractivity contribution in [1.82, 2.24) is 9.97 Å². The fourth-order valence-corrected chi connectivity index (χ4v) is 3.58.